The van der Waals surface area contributed by atoms with Gasteiger partial charge in [0.25, 0.3) is 0 Å². The van der Waals surface area contributed by atoms with Gasteiger partial charge in [-0.25, -0.2) is 0 Å². The van der Waals surface area contributed by atoms with Crippen molar-refractivity contribution in [1.29, 1.82) is 0 Å². The van der Waals surface area contributed by atoms with Crippen molar-refractivity contribution < 1.29 is 9.90 Å². The van der Waals surface area contributed by atoms with Gasteiger partial charge in [0, 0.05) is 12.0 Å². The lowest BCUT2D eigenvalue weighted by molar-refractivity contribution is -0.120. The summed E-state index contributed by atoms with van der Waals surface area (Å²) in [6.07, 6.45) is 17.8. The van der Waals surface area contributed by atoms with Crippen LogP contribution in [-0.2, 0) is 4.79 Å². The molecule has 40 heavy (non-hydrogen) atoms. The molecule has 0 aromatic carbocycles. The van der Waals surface area contributed by atoms with Crippen molar-refractivity contribution in [3.63, 3.8) is 0 Å². The molecule has 0 heterocycles. The zero-order chi connectivity index (χ0) is 28.9. The first-order valence-electron chi connectivity index (χ1n) is 17.2. The summed E-state index contributed by atoms with van der Waals surface area (Å²) < 4.78 is 0. The Morgan fingerprint density at radius 1 is 1.00 bits per heavy atom. The Bertz CT molecular complexity index is 860. The van der Waals surface area contributed by atoms with E-state index in [-0.39, 0.29) is 17.4 Å². The van der Waals surface area contributed by atoms with Gasteiger partial charge in [-0.1, -0.05) is 52.2 Å². The fourth-order valence-corrected chi connectivity index (χ4v) is 10.0. The molecular weight excluding hydrogens is 494 g/mol. The Kier molecular flexibility index (Phi) is 11.4. The van der Waals surface area contributed by atoms with Crippen LogP contribution in [0.5, 0.6) is 0 Å². The molecule has 0 aliphatic heterocycles. The molecule has 10 atom stereocenters. The van der Waals surface area contributed by atoms with Crippen LogP contribution in [0, 0.1) is 46.3 Å². The van der Waals surface area contributed by atoms with E-state index in [9.17, 15) is 9.90 Å². The number of nitrogens with two attached hydrogens (primary N) is 1. The third-order valence-corrected chi connectivity index (χ3v) is 12.6. The van der Waals surface area contributed by atoms with Crippen LogP contribution in [0.15, 0.2) is 11.6 Å². The molecule has 0 radical (unpaired) electrons. The van der Waals surface area contributed by atoms with Crippen LogP contribution < -0.4 is 16.4 Å². The van der Waals surface area contributed by atoms with Crippen molar-refractivity contribution in [2.24, 2.45) is 52.1 Å². The lowest BCUT2D eigenvalue weighted by atomic mass is 9.45. The van der Waals surface area contributed by atoms with Crippen molar-refractivity contribution in [2.75, 3.05) is 26.2 Å². The van der Waals surface area contributed by atoms with E-state index in [1.54, 1.807) is 12.5 Å². The molecule has 4 aliphatic carbocycles. The van der Waals surface area contributed by atoms with Crippen LogP contribution in [0.1, 0.15) is 118 Å². The predicted molar refractivity (Wildman–Crippen MR) is 167 cm³/mol. The predicted octanol–water partition coefficient (Wildman–Crippen LogP) is 6.24. The summed E-state index contributed by atoms with van der Waals surface area (Å²) in [4.78, 5) is 11.7. The van der Waals surface area contributed by atoms with Gasteiger partial charge in [0.1, 0.15) is 5.78 Å². The number of fused-ring (bicyclic) bond motifs is 5. The fraction of sp³-hybridized carbons (Fsp3) is 0.914. The van der Waals surface area contributed by atoms with Gasteiger partial charge in [-0.05, 0) is 144 Å². The molecule has 230 valence electrons. The Morgan fingerprint density at radius 3 is 2.52 bits per heavy atom. The minimum atomic E-state index is -0.184. The Morgan fingerprint density at radius 2 is 1.77 bits per heavy atom. The van der Waals surface area contributed by atoms with Crippen LogP contribution in [0.4, 0.5) is 0 Å². The number of ketones is 1. The molecule has 0 aromatic heterocycles. The third kappa shape index (κ3) is 6.90. The quantitative estimate of drug-likeness (QED) is 0.141. The van der Waals surface area contributed by atoms with Crippen LogP contribution in [-0.4, -0.2) is 49.2 Å². The topological polar surface area (TPSA) is 87.4 Å². The summed E-state index contributed by atoms with van der Waals surface area (Å²) in [5.74, 6) is 3.76. The molecule has 5 nitrogen and oxygen atoms in total. The highest BCUT2D eigenvalue weighted by Crippen LogP contribution is 2.67. The SMILES string of the molecule is CC(=O)C(C)CCC[C@@H](C)[C@H]1CCC2C3C(CC[C@@]21C)[C@@]1(C)CC[C@H](NCCCNCCCCN)C=C1C[C@H]3O. The summed E-state index contributed by atoms with van der Waals surface area (Å²) >= 11 is 0. The van der Waals surface area contributed by atoms with Gasteiger partial charge in [-0.2, -0.15) is 0 Å². The summed E-state index contributed by atoms with van der Waals surface area (Å²) in [6.45, 7) is 15.4. The van der Waals surface area contributed by atoms with E-state index in [0.717, 1.165) is 57.8 Å². The van der Waals surface area contributed by atoms with Gasteiger partial charge in [-0.15, -0.1) is 0 Å². The van der Waals surface area contributed by atoms with Crippen LogP contribution >= 0.6 is 0 Å². The van der Waals surface area contributed by atoms with Gasteiger partial charge >= 0.3 is 0 Å². The second kappa shape index (κ2) is 14.1. The lowest BCUT2D eigenvalue weighted by Crippen LogP contribution is -2.56. The maximum absolute atomic E-state index is 11.7. The van der Waals surface area contributed by atoms with Crippen molar-refractivity contribution in [3.05, 3.63) is 11.6 Å². The maximum atomic E-state index is 11.7. The molecule has 4 rings (SSSR count). The van der Waals surface area contributed by atoms with Crippen LogP contribution in [0.2, 0.25) is 0 Å². The molecule has 4 unspecified atom stereocenters. The normalized spacial score (nSPS) is 38.6. The minimum Gasteiger partial charge on any atom is -0.392 e. The molecule has 5 heteroatoms. The van der Waals surface area contributed by atoms with Crippen molar-refractivity contribution in [1.82, 2.24) is 10.6 Å². The molecular formula is C35H63N3O2. The first kappa shape index (κ1) is 32.2. The highest BCUT2D eigenvalue weighted by atomic mass is 16.3. The number of carbonyl (C=O) groups excluding carboxylic acids is 1. The van der Waals surface area contributed by atoms with Crippen molar-refractivity contribution in [3.8, 4) is 0 Å². The van der Waals surface area contributed by atoms with Gasteiger partial charge in [0.05, 0.1) is 6.10 Å². The number of unbranched alkanes of at least 4 members (excludes halogenated alkanes) is 1. The maximum Gasteiger partial charge on any atom is 0.132 e. The second-order valence-electron chi connectivity index (χ2n) is 15.0. The van der Waals surface area contributed by atoms with E-state index in [4.69, 9.17) is 5.73 Å². The average molecular weight is 558 g/mol. The lowest BCUT2D eigenvalue weighted by Gasteiger charge is -2.60. The standard InChI is InChI=1S/C35H63N3O2/c1-24(26(3)39)10-8-11-25(2)29-12-13-30-33-31(15-17-35(29,30)5)34(4)16-14-28(22-27(34)23-32(33)40)38-21-9-20-37-19-7-6-18-36/h22,24-25,28-33,37-38,40H,6-21,23,36H2,1-5H3/t24?,25-,28+,29-,30?,31?,32-,33?,34+,35-/m1/s1. The van der Waals surface area contributed by atoms with Crippen LogP contribution in [0.3, 0.4) is 0 Å². The molecule has 4 aliphatic rings. The second-order valence-corrected chi connectivity index (χ2v) is 15.0. The first-order valence-corrected chi connectivity index (χ1v) is 17.2. The van der Waals surface area contributed by atoms with E-state index in [0.29, 0.717) is 40.9 Å². The molecule has 3 fully saturated rings. The van der Waals surface area contributed by atoms with E-state index >= 15 is 0 Å². The van der Waals surface area contributed by atoms with Gasteiger partial charge in [-0.3, -0.25) is 4.79 Å². The van der Waals surface area contributed by atoms with Crippen molar-refractivity contribution in [2.45, 2.75) is 130 Å². The molecule has 0 saturated heterocycles. The molecule has 0 amide bonds. The highest BCUT2D eigenvalue weighted by Gasteiger charge is 2.61. The van der Waals surface area contributed by atoms with E-state index in [1.165, 1.54) is 57.8 Å². The molecule has 5 N–H and O–H groups in total. The van der Waals surface area contributed by atoms with Gasteiger partial charge in [0.2, 0.25) is 0 Å². The average Bonchev–Trinajstić information content (AvgIpc) is 3.27. The number of carbonyl (C=O) groups is 1. The number of hydrogen-bond acceptors (Lipinski definition) is 5. The number of rotatable bonds is 15. The Labute approximate surface area is 246 Å². The number of aliphatic hydroxyl groups is 1. The fourth-order valence-electron chi connectivity index (χ4n) is 10.0. The smallest absolute Gasteiger partial charge is 0.132 e. The van der Waals surface area contributed by atoms with Gasteiger partial charge in [0.15, 0.2) is 0 Å². The van der Waals surface area contributed by atoms with Crippen LogP contribution in [0.25, 0.3) is 0 Å². The number of nitrogens with one attached hydrogen (secondary N) is 2. The molecule has 0 bridgehead atoms. The molecule has 0 spiro atoms. The third-order valence-electron chi connectivity index (χ3n) is 12.6. The van der Waals surface area contributed by atoms with Crippen molar-refractivity contribution >= 4 is 5.78 Å². The zero-order valence-electron chi connectivity index (χ0n) is 26.6. The number of aliphatic hydroxyl groups excluding tert-OH is 1. The Balaban J connectivity index is 1.33. The first-order chi connectivity index (χ1) is 19.1. The number of Topliss-reactive ketones (excluding diaryl/α,β-unsaturated/α-hetero) is 1. The summed E-state index contributed by atoms with van der Waals surface area (Å²) in [6, 6.07) is 0.459. The van der Waals surface area contributed by atoms with E-state index < -0.39 is 0 Å². The number of hydrogen-bond donors (Lipinski definition) is 4. The molecule has 3 saturated carbocycles. The van der Waals surface area contributed by atoms with E-state index in [1.807, 2.05) is 0 Å². The van der Waals surface area contributed by atoms with Gasteiger partial charge < -0.3 is 21.5 Å². The summed E-state index contributed by atoms with van der Waals surface area (Å²) in [5.41, 5.74) is 7.76. The minimum absolute atomic E-state index is 0.184. The van der Waals surface area contributed by atoms with E-state index in [2.05, 4.69) is 44.4 Å². The highest BCUT2D eigenvalue weighted by molar-refractivity contribution is 5.77. The Hall–Kier alpha value is -0.750. The molecule has 0 aromatic rings. The zero-order valence-corrected chi connectivity index (χ0v) is 26.6. The largest absolute Gasteiger partial charge is 0.392 e. The monoisotopic (exact) mass is 557 g/mol. The summed E-state index contributed by atoms with van der Waals surface area (Å²) in [5, 5.41) is 19.1. The summed E-state index contributed by atoms with van der Waals surface area (Å²) in [7, 11) is 0.